The fourth-order valence-electron chi connectivity index (χ4n) is 1.96. The van der Waals surface area contributed by atoms with Gasteiger partial charge in [0.05, 0.1) is 6.20 Å². The minimum Gasteiger partial charge on any atom is -0.409 e. The highest BCUT2D eigenvalue weighted by Gasteiger charge is 2.06. The van der Waals surface area contributed by atoms with Gasteiger partial charge in [0.1, 0.15) is 0 Å². The summed E-state index contributed by atoms with van der Waals surface area (Å²) in [5.41, 5.74) is 9.36. The summed E-state index contributed by atoms with van der Waals surface area (Å²) in [6, 6.07) is 5.31. The molecular weight excluding hydrogens is 290 g/mol. The summed E-state index contributed by atoms with van der Waals surface area (Å²) in [6.07, 6.45) is 1.85. The average molecular weight is 308 g/mol. The molecule has 0 fully saturated rings. The van der Waals surface area contributed by atoms with Crippen molar-refractivity contribution >= 4 is 17.4 Å². The smallest absolute Gasteiger partial charge is 0.170 e. The summed E-state index contributed by atoms with van der Waals surface area (Å²) >= 11 is 6.20. The molecule has 0 amide bonds. The number of aryl methyl sites for hydroxylation is 1. The largest absolute Gasteiger partial charge is 0.409 e. The summed E-state index contributed by atoms with van der Waals surface area (Å²) in [6.45, 7) is 3.38. The Balaban J connectivity index is 1.99. The van der Waals surface area contributed by atoms with Crippen molar-refractivity contribution in [3.8, 4) is 0 Å². The van der Waals surface area contributed by atoms with Gasteiger partial charge >= 0.3 is 0 Å². The van der Waals surface area contributed by atoms with Crippen LogP contribution in [0.15, 0.2) is 29.6 Å². The molecule has 2 rings (SSSR count). The lowest BCUT2D eigenvalue weighted by atomic mass is 10.1. The number of hydrogen-bond acceptors (Lipinski definition) is 4. The number of halogens is 1. The number of amidine groups is 1. The lowest BCUT2D eigenvalue weighted by Gasteiger charge is -2.08. The fraction of sp³-hybridized carbons (Fsp3) is 0.286. The van der Waals surface area contributed by atoms with E-state index in [0.717, 1.165) is 23.4 Å². The maximum atomic E-state index is 8.64. The van der Waals surface area contributed by atoms with Crippen LogP contribution in [0, 0.1) is 6.92 Å². The number of nitrogens with two attached hydrogens (primary N) is 1. The lowest BCUT2D eigenvalue weighted by Crippen LogP contribution is -2.15. The molecule has 1 aromatic heterocycles. The molecule has 0 spiro atoms. The third kappa shape index (κ3) is 3.53. The maximum absolute atomic E-state index is 8.64. The van der Waals surface area contributed by atoms with Crippen LogP contribution in [0.4, 0.5) is 0 Å². The molecule has 0 saturated heterocycles. The second kappa shape index (κ2) is 6.60. The van der Waals surface area contributed by atoms with Crippen LogP contribution >= 0.6 is 11.6 Å². The molecule has 0 bridgehead atoms. The summed E-state index contributed by atoms with van der Waals surface area (Å²) < 4.78 is 1.84. The van der Waals surface area contributed by atoms with Crippen molar-refractivity contribution in [3.63, 3.8) is 0 Å². The molecule has 0 radical (unpaired) electrons. The fourth-order valence-corrected chi connectivity index (χ4v) is 2.20. The van der Waals surface area contributed by atoms with Crippen molar-refractivity contribution in [3.05, 3.63) is 51.8 Å². The highest BCUT2D eigenvalue weighted by molar-refractivity contribution is 6.31. The molecule has 0 aliphatic carbocycles. The Morgan fingerprint density at radius 2 is 2.14 bits per heavy atom. The van der Waals surface area contributed by atoms with E-state index in [1.165, 1.54) is 0 Å². The number of aromatic nitrogens is 2. The zero-order chi connectivity index (χ0) is 15.4. The SMILES string of the molecule is Cc1c(CNCc2ccc(/C(N)=N/O)cc2Cl)cnn1C. The molecule has 0 unspecified atom stereocenters. The summed E-state index contributed by atoms with van der Waals surface area (Å²) in [5, 5.41) is 19.7. The van der Waals surface area contributed by atoms with E-state index >= 15 is 0 Å². The van der Waals surface area contributed by atoms with Gasteiger partial charge in [0.25, 0.3) is 0 Å². The normalized spacial score (nSPS) is 11.9. The summed E-state index contributed by atoms with van der Waals surface area (Å²) in [7, 11) is 1.92. The Kier molecular flexibility index (Phi) is 4.82. The molecule has 0 saturated carbocycles. The zero-order valence-electron chi connectivity index (χ0n) is 12.0. The highest BCUT2D eigenvalue weighted by atomic mass is 35.5. The molecule has 0 atom stereocenters. The first-order chi connectivity index (χ1) is 10.0. The molecule has 1 heterocycles. The van der Waals surface area contributed by atoms with E-state index in [9.17, 15) is 0 Å². The summed E-state index contributed by atoms with van der Waals surface area (Å²) in [5.74, 6) is 0.0439. The third-order valence-electron chi connectivity index (χ3n) is 3.42. The number of nitrogens with zero attached hydrogens (tertiary/aromatic N) is 3. The van der Waals surface area contributed by atoms with Gasteiger partial charge < -0.3 is 16.3 Å². The maximum Gasteiger partial charge on any atom is 0.170 e. The van der Waals surface area contributed by atoms with E-state index < -0.39 is 0 Å². The van der Waals surface area contributed by atoms with Gasteiger partial charge in [-0.25, -0.2) is 0 Å². The Bertz CT molecular complexity index is 665. The Morgan fingerprint density at radius 1 is 1.43 bits per heavy atom. The van der Waals surface area contributed by atoms with Crippen LogP contribution in [0.1, 0.15) is 22.4 Å². The first kappa shape index (κ1) is 15.3. The van der Waals surface area contributed by atoms with Crippen LogP contribution in [-0.2, 0) is 20.1 Å². The van der Waals surface area contributed by atoms with Crippen LogP contribution in [0.5, 0.6) is 0 Å². The number of nitrogens with one attached hydrogen (secondary N) is 1. The second-order valence-electron chi connectivity index (χ2n) is 4.77. The van der Waals surface area contributed by atoms with Crippen molar-refractivity contribution in [1.29, 1.82) is 0 Å². The van der Waals surface area contributed by atoms with E-state index in [2.05, 4.69) is 15.6 Å². The molecule has 7 heteroatoms. The quantitative estimate of drug-likeness (QED) is 0.340. The average Bonchev–Trinajstić information content (AvgIpc) is 2.80. The molecule has 4 N–H and O–H groups in total. The number of rotatable bonds is 5. The molecule has 6 nitrogen and oxygen atoms in total. The van der Waals surface area contributed by atoms with Gasteiger partial charge in [-0.2, -0.15) is 5.10 Å². The second-order valence-corrected chi connectivity index (χ2v) is 5.18. The molecule has 2 aromatic rings. The standard InChI is InChI=1S/C14H18ClN5O/c1-9-12(8-18-20(9)2)7-17-6-11-4-3-10(5-13(11)15)14(16)19-21/h3-5,8,17,21H,6-7H2,1-2H3,(H2,16,19). The molecule has 112 valence electrons. The van der Waals surface area contributed by atoms with Gasteiger partial charge in [0.15, 0.2) is 5.84 Å². The Hall–Kier alpha value is -2.05. The van der Waals surface area contributed by atoms with Gasteiger partial charge in [-0.3, -0.25) is 4.68 Å². The van der Waals surface area contributed by atoms with Crippen molar-refractivity contribution in [2.75, 3.05) is 0 Å². The monoisotopic (exact) mass is 307 g/mol. The Labute approximate surface area is 128 Å². The van der Waals surface area contributed by atoms with Crippen LogP contribution in [0.2, 0.25) is 5.02 Å². The van der Waals surface area contributed by atoms with Gasteiger partial charge in [0, 0.05) is 42.0 Å². The van der Waals surface area contributed by atoms with Crippen LogP contribution in [0.3, 0.4) is 0 Å². The van der Waals surface area contributed by atoms with Crippen molar-refractivity contribution in [1.82, 2.24) is 15.1 Å². The van der Waals surface area contributed by atoms with Crippen molar-refractivity contribution in [2.24, 2.45) is 17.9 Å². The van der Waals surface area contributed by atoms with Crippen molar-refractivity contribution in [2.45, 2.75) is 20.0 Å². The number of oxime groups is 1. The third-order valence-corrected chi connectivity index (χ3v) is 3.78. The highest BCUT2D eigenvalue weighted by Crippen LogP contribution is 2.18. The van der Waals surface area contributed by atoms with Gasteiger partial charge in [-0.1, -0.05) is 28.9 Å². The van der Waals surface area contributed by atoms with E-state index in [4.69, 9.17) is 22.5 Å². The first-order valence-electron chi connectivity index (χ1n) is 6.47. The predicted molar refractivity (Wildman–Crippen MR) is 82.5 cm³/mol. The number of hydrogen-bond donors (Lipinski definition) is 3. The topological polar surface area (TPSA) is 88.5 Å². The van der Waals surface area contributed by atoms with Gasteiger partial charge in [-0.15, -0.1) is 0 Å². The molecule has 0 aliphatic heterocycles. The van der Waals surface area contributed by atoms with Crippen LogP contribution in [-0.4, -0.2) is 20.8 Å². The first-order valence-corrected chi connectivity index (χ1v) is 6.85. The zero-order valence-corrected chi connectivity index (χ0v) is 12.7. The predicted octanol–water partition coefficient (Wildman–Crippen LogP) is 1.77. The van der Waals surface area contributed by atoms with E-state index in [-0.39, 0.29) is 5.84 Å². The lowest BCUT2D eigenvalue weighted by molar-refractivity contribution is 0.318. The molecule has 21 heavy (non-hydrogen) atoms. The van der Waals surface area contributed by atoms with E-state index in [1.54, 1.807) is 12.1 Å². The summed E-state index contributed by atoms with van der Waals surface area (Å²) in [4.78, 5) is 0. The number of benzene rings is 1. The van der Waals surface area contributed by atoms with Gasteiger partial charge in [-0.05, 0) is 18.6 Å². The molecule has 0 aliphatic rings. The van der Waals surface area contributed by atoms with E-state index in [0.29, 0.717) is 17.1 Å². The van der Waals surface area contributed by atoms with Crippen molar-refractivity contribution < 1.29 is 5.21 Å². The Morgan fingerprint density at radius 3 is 2.71 bits per heavy atom. The van der Waals surface area contributed by atoms with Crippen LogP contribution < -0.4 is 11.1 Å². The van der Waals surface area contributed by atoms with Crippen LogP contribution in [0.25, 0.3) is 0 Å². The van der Waals surface area contributed by atoms with E-state index in [1.807, 2.05) is 30.9 Å². The van der Waals surface area contributed by atoms with Gasteiger partial charge in [0.2, 0.25) is 0 Å². The minimum absolute atomic E-state index is 0.0439. The molecular formula is C14H18ClN5O. The minimum atomic E-state index is 0.0439. The molecule has 1 aromatic carbocycles.